The van der Waals surface area contributed by atoms with Gasteiger partial charge in [0.2, 0.25) is 5.91 Å². The average Bonchev–Trinajstić information content (AvgIpc) is 2.91. The molecule has 0 fully saturated rings. The topological polar surface area (TPSA) is 70.7 Å². The molecule has 3 rings (SSSR count). The van der Waals surface area contributed by atoms with E-state index in [0.717, 1.165) is 16.6 Å². The van der Waals surface area contributed by atoms with E-state index in [0.29, 0.717) is 15.9 Å². The molecule has 7 heteroatoms. The average molecular weight is 333 g/mol. The number of aryl methyl sites for hydroxylation is 1. The molecule has 0 atom stereocenters. The Balaban J connectivity index is 1.62. The van der Waals surface area contributed by atoms with Crippen LogP contribution in [-0.4, -0.2) is 26.6 Å². The summed E-state index contributed by atoms with van der Waals surface area (Å²) in [6.07, 6.45) is 3.39. The predicted molar refractivity (Wildman–Crippen MR) is 89.4 cm³/mol. The lowest BCUT2D eigenvalue weighted by Crippen LogP contribution is -2.14. The van der Waals surface area contributed by atoms with Gasteiger partial charge in [0.1, 0.15) is 0 Å². The quantitative estimate of drug-likeness (QED) is 0.715. The number of pyridine rings is 1. The minimum atomic E-state index is -0.130. The first-order valence-corrected chi connectivity index (χ1v) is 7.97. The number of aromatic nitrogens is 3. The van der Waals surface area contributed by atoms with Crippen molar-refractivity contribution in [1.29, 1.82) is 0 Å². The van der Waals surface area contributed by atoms with Crippen LogP contribution < -0.4 is 5.32 Å². The van der Waals surface area contributed by atoms with Crippen LogP contribution in [0.2, 0.25) is 5.02 Å². The van der Waals surface area contributed by atoms with Crippen molar-refractivity contribution in [3.63, 3.8) is 0 Å². The number of nitrogens with one attached hydrogen (secondary N) is 2. The van der Waals surface area contributed by atoms with Gasteiger partial charge in [-0.1, -0.05) is 29.4 Å². The molecule has 0 radical (unpaired) electrons. The van der Waals surface area contributed by atoms with Gasteiger partial charge in [0.25, 0.3) is 0 Å². The second kappa shape index (κ2) is 6.37. The Morgan fingerprint density at radius 2 is 2.27 bits per heavy atom. The summed E-state index contributed by atoms with van der Waals surface area (Å²) in [6, 6.07) is 7.34. The lowest BCUT2D eigenvalue weighted by molar-refractivity contribution is -0.113. The van der Waals surface area contributed by atoms with Crippen molar-refractivity contribution >= 4 is 46.0 Å². The van der Waals surface area contributed by atoms with Gasteiger partial charge in [-0.3, -0.25) is 9.78 Å². The second-order valence-electron chi connectivity index (χ2n) is 4.75. The SMILES string of the molecule is Cc1ccc(NC(=O)CSc2nc3ccncc3[nH]2)c(Cl)c1. The van der Waals surface area contributed by atoms with Gasteiger partial charge in [0.05, 0.1) is 33.7 Å². The fraction of sp³-hybridized carbons (Fsp3) is 0.133. The normalized spacial score (nSPS) is 10.8. The van der Waals surface area contributed by atoms with E-state index in [1.54, 1.807) is 18.5 Å². The molecule has 1 aromatic carbocycles. The number of thioether (sulfide) groups is 1. The van der Waals surface area contributed by atoms with E-state index in [1.165, 1.54) is 11.8 Å². The van der Waals surface area contributed by atoms with Crippen molar-refractivity contribution in [2.45, 2.75) is 12.1 Å². The van der Waals surface area contributed by atoms with Gasteiger partial charge in [-0.05, 0) is 30.7 Å². The number of rotatable bonds is 4. The van der Waals surface area contributed by atoms with Gasteiger partial charge in [-0.2, -0.15) is 0 Å². The number of fused-ring (bicyclic) bond motifs is 1. The summed E-state index contributed by atoms with van der Waals surface area (Å²) in [5.74, 6) is 0.117. The van der Waals surface area contributed by atoms with Crippen molar-refractivity contribution in [1.82, 2.24) is 15.0 Å². The fourth-order valence-corrected chi connectivity index (χ4v) is 2.91. The number of benzene rings is 1. The van der Waals surface area contributed by atoms with Crippen molar-refractivity contribution in [2.24, 2.45) is 0 Å². The Labute approximate surface area is 136 Å². The van der Waals surface area contributed by atoms with Gasteiger partial charge >= 0.3 is 0 Å². The Bertz CT molecular complexity index is 800. The molecule has 0 spiro atoms. The highest BCUT2D eigenvalue weighted by Crippen LogP contribution is 2.23. The van der Waals surface area contributed by atoms with E-state index in [4.69, 9.17) is 11.6 Å². The molecule has 22 heavy (non-hydrogen) atoms. The number of nitrogens with zero attached hydrogens (tertiary/aromatic N) is 2. The zero-order chi connectivity index (χ0) is 15.5. The molecule has 112 valence electrons. The van der Waals surface area contributed by atoms with Crippen LogP contribution in [0.15, 0.2) is 41.8 Å². The molecule has 0 aliphatic heterocycles. The maximum Gasteiger partial charge on any atom is 0.234 e. The summed E-state index contributed by atoms with van der Waals surface area (Å²) < 4.78 is 0. The van der Waals surface area contributed by atoms with E-state index < -0.39 is 0 Å². The molecule has 3 aromatic rings. The van der Waals surface area contributed by atoms with Gasteiger partial charge < -0.3 is 10.3 Å². The van der Waals surface area contributed by atoms with Gasteiger partial charge in [0, 0.05) is 6.20 Å². The molecule has 1 amide bonds. The van der Waals surface area contributed by atoms with Crippen molar-refractivity contribution < 1.29 is 4.79 Å². The van der Waals surface area contributed by atoms with E-state index in [2.05, 4.69) is 20.3 Å². The summed E-state index contributed by atoms with van der Waals surface area (Å²) in [4.78, 5) is 23.5. The van der Waals surface area contributed by atoms with Gasteiger partial charge in [0.15, 0.2) is 5.16 Å². The standard InChI is InChI=1S/C15H13ClN4OS/c1-9-2-3-11(10(16)6-9)18-14(21)8-22-15-19-12-4-5-17-7-13(12)20-15/h2-7H,8H2,1H3,(H,18,21)(H,19,20). The number of imidazole rings is 1. The molecule has 0 unspecified atom stereocenters. The third-order valence-corrected chi connectivity index (χ3v) is 4.19. The zero-order valence-electron chi connectivity index (χ0n) is 11.8. The molecule has 5 nitrogen and oxygen atoms in total. The monoisotopic (exact) mass is 332 g/mol. The van der Waals surface area contributed by atoms with Crippen molar-refractivity contribution in [2.75, 3.05) is 11.1 Å². The van der Waals surface area contributed by atoms with Crippen LogP contribution in [-0.2, 0) is 4.79 Å². The number of halogens is 1. The van der Waals surface area contributed by atoms with Crippen LogP contribution in [0.3, 0.4) is 0 Å². The molecule has 2 aromatic heterocycles. The highest BCUT2D eigenvalue weighted by Gasteiger charge is 2.09. The molecule has 0 aliphatic rings. The molecule has 0 saturated carbocycles. The molecule has 2 heterocycles. The number of anilines is 1. The number of amides is 1. The minimum Gasteiger partial charge on any atom is -0.332 e. The molecule has 0 bridgehead atoms. The molecule has 2 N–H and O–H groups in total. The highest BCUT2D eigenvalue weighted by atomic mass is 35.5. The summed E-state index contributed by atoms with van der Waals surface area (Å²) in [7, 11) is 0. The second-order valence-corrected chi connectivity index (χ2v) is 6.13. The Hall–Kier alpha value is -2.05. The van der Waals surface area contributed by atoms with Crippen molar-refractivity contribution in [3.05, 3.63) is 47.2 Å². The summed E-state index contributed by atoms with van der Waals surface area (Å²) in [6.45, 7) is 1.95. The van der Waals surface area contributed by atoms with Gasteiger partial charge in [-0.15, -0.1) is 0 Å². The van der Waals surface area contributed by atoms with Crippen molar-refractivity contribution in [3.8, 4) is 0 Å². The molecular formula is C15H13ClN4OS. The van der Waals surface area contributed by atoms with Crippen LogP contribution in [0.1, 0.15) is 5.56 Å². The Morgan fingerprint density at radius 1 is 1.41 bits per heavy atom. The predicted octanol–water partition coefficient (Wildman–Crippen LogP) is 3.65. The lowest BCUT2D eigenvalue weighted by atomic mass is 10.2. The van der Waals surface area contributed by atoms with E-state index in [-0.39, 0.29) is 11.7 Å². The first-order chi connectivity index (χ1) is 10.6. The molecule has 0 aliphatic carbocycles. The number of carbonyl (C=O) groups excluding carboxylic acids is 1. The van der Waals surface area contributed by atoms with E-state index in [9.17, 15) is 4.79 Å². The summed E-state index contributed by atoms with van der Waals surface area (Å²) in [5.41, 5.74) is 3.35. The molecular weight excluding hydrogens is 320 g/mol. The van der Waals surface area contributed by atoms with E-state index in [1.807, 2.05) is 25.1 Å². The number of carbonyl (C=O) groups is 1. The van der Waals surface area contributed by atoms with E-state index >= 15 is 0 Å². The van der Waals surface area contributed by atoms with Gasteiger partial charge in [-0.25, -0.2) is 4.98 Å². The maximum atomic E-state index is 12.0. The largest absolute Gasteiger partial charge is 0.332 e. The summed E-state index contributed by atoms with van der Waals surface area (Å²) >= 11 is 7.43. The van der Waals surface area contributed by atoms with Crippen LogP contribution in [0.4, 0.5) is 5.69 Å². The number of hydrogen-bond donors (Lipinski definition) is 2. The lowest BCUT2D eigenvalue weighted by Gasteiger charge is -2.07. The van der Waals surface area contributed by atoms with Crippen LogP contribution in [0.25, 0.3) is 11.0 Å². The van der Waals surface area contributed by atoms with Crippen LogP contribution >= 0.6 is 23.4 Å². The number of hydrogen-bond acceptors (Lipinski definition) is 4. The first kappa shape index (κ1) is 14.9. The smallest absolute Gasteiger partial charge is 0.234 e. The zero-order valence-corrected chi connectivity index (χ0v) is 13.3. The minimum absolute atomic E-state index is 0.130. The highest BCUT2D eigenvalue weighted by molar-refractivity contribution is 7.99. The Kier molecular flexibility index (Phi) is 4.31. The fourth-order valence-electron chi connectivity index (χ4n) is 1.94. The van der Waals surface area contributed by atoms with Crippen LogP contribution in [0, 0.1) is 6.92 Å². The summed E-state index contributed by atoms with van der Waals surface area (Å²) in [5, 5.41) is 4.02. The molecule has 0 saturated heterocycles. The third kappa shape index (κ3) is 3.40. The number of H-pyrrole nitrogens is 1. The number of aromatic amines is 1. The van der Waals surface area contributed by atoms with Crippen LogP contribution in [0.5, 0.6) is 0 Å². The first-order valence-electron chi connectivity index (χ1n) is 6.60. The third-order valence-electron chi connectivity index (χ3n) is 3.00. The Morgan fingerprint density at radius 3 is 3.05 bits per heavy atom. The maximum absolute atomic E-state index is 12.0.